The molecule has 1 saturated heterocycles. The number of carbonyl (C=O) groups excluding carboxylic acids is 1. The van der Waals surface area contributed by atoms with Crippen molar-refractivity contribution in [3.8, 4) is 0 Å². The molecule has 0 unspecified atom stereocenters. The third-order valence-electron chi connectivity index (χ3n) is 5.12. The zero-order valence-electron chi connectivity index (χ0n) is 14.7. The second kappa shape index (κ2) is 5.78. The van der Waals surface area contributed by atoms with Crippen molar-refractivity contribution in [2.24, 2.45) is 10.7 Å². The maximum absolute atomic E-state index is 13.0. The van der Waals surface area contributed by atoms with Crippen LogP contribution >= 0.6 is 0 Å². The second-order valence-corrected chi connectivity index (χ2v) is 6.78. The quantitative estimate of drug-likeness (QED) is 0.870. The number of aryl methyl sites for hydroxylation is 2. The van der Waals surface area contributed by atoms with Gasteiger partial charge in [-0.2, -0.15) is 0 Å². The number of ketones is 1. The lowest BCUT2D eigenvalue weighted by molar-refractivity contribution is 0.0602. The number of hydrogen-bond donors (Lipinski definition) is 2. The first kappa shape index (κ1) is 16.5. The SMILES string of the molecule is Cc1cc2c(cc1C)C(=O)[C@]1(O)CCN(c3ccnc(C=CN)c3)C1=N2. The van der Waals surface area contributed by atoms with Crippen LogP contribution in [0.4, 0.5) is 11.4 Å². The highest BCUT2D eigenvalue weighted by atomic mass is 16.3. The van der Waals surface area contributed by atoms with E-state index in [-0.39, 0.29) is 5.78 Å². The Morgan fingerprint density at radius 3 is 2.81 bits per heavy atom. The van der Waals surface area contributed by atoms with Gasteiger partial charge < -0.3 is 15.7 Å². The smallest absolute Gasteiger partial charge is 0.204 e. The maximum atomic E-state index is 13.0. The summed E-state index contributed by atoms with van der Waals surface area (Å²) in [4.78, 5) is 23.8. The van der Waals surface area contributed by atoms with Crippen molar-refractivity contribution in [2.75, 3.05) is 11.4 Å². The van der Waals surface area contributed by atoms with Gasteiger partial charge in [-0.05, 0) is 61.5 Å². The molecular weight excluding hydrogens is 328 g/mol. The van der Waals surface area contributed by atoms with Crippen LogP contribution in [0.1, 0.15) is 33.6 Å². The molecule has 26 heavy (non-hydrogen) atoms. The van der Waals surface area contributed by atoms with Crippen LogP contribution in [0.25, 0.3) is 6.08 Å². The molecule has 2 aromatic rings. The minimum Gasteiger partial charge on any atom is -0.405 e. The normalized spacial score (nSPS) is 21.7. The fourth-order valence-corrected chi connectivity index (χ4v) is 3.54. The lowest BCUT2D eigenvalue weighted by Crippen LogP contribution is -2.48. The van der Waals surface area contributed by atoms with Crippen molar-refractivity contribution in [1.29, 1.82) is 0 Å². The van der Waals surface area contributed by atoms with E-state index in [2.05, 4.69) is 9.98 Å². The summed E-state index contributed by atoms with van der Waals surface area (Å²) >= 11 is 0. The average Bonchev–Trinajstić information content (AvgIpc) is 2.96. The molecule has 2 aliphatic rings. The molecule has 6 nitrogen and oxygen atoms in total. The minimum atomic E-state index is -1.58. The summed E-state index contributed by atoms with van der Waals surface area (Å²) in [6.45, 7) is 4.45. The maximum Gasteiger partial charge on any atom is 0.204 e. The van der Waals surface area contributed by atoms with Crippen LogP contribution in [0, 0.1) is 13.8 Å². The fraction of sp³-hybridized carbons (Fsp3) is 0.250. The Bertz CT molecular complexity index is 980. The zero-order valence-corrected chi connectivity index (χ0v) is 14.7. The number of aliphatic hydroxyl groups is 1. The van der Waals surface area contributed by atoms with E-state index in [0.29, 0.717) is 35.7 Å². The molecule has 1 aromatic heterocycles. The van der Waals surface area contributed by atoms with Gasteiger partial charge >= 0.3 is 0 Å². The molecule has 0 bridgehead atoms. The Morgan fingerprint density at radius 1 is 1.27 bits per heavy atom. The van der Waals surface area contributed by atoms with Crippen molar-refractivity contribution in [3.63, 3.8) is 0 Å². The summed E-state index contributed by atoms with van der Waals surface area (Å²) in [5, 5.41) is 11.1. The van der Waals surface area contributed by atoms with E-state index in [9.17, 15) is 9.90 Å². The van der Waals surface area contributed by atoms with Crippen LogP contribution in [0.2, 0.25) is 0 Å². The monoisotopic (exact) mass is 348 g/mol. The van der Waals surface area contributed by atoms with E-state index < -0.39 is 5.60 Å². The fourth-order valence-electron chi connectivity index (χ4n) is 3.54. The molecule has 2 aliphatic heterocycles. The van der Waals surface area contributed by atoms with Crippen LogP contribution in [0.3, 0.4) is 0 Å². The molecule has 0 spiro atoms. The number of nitrogens with zero attached hydrogens (tertiary/aromatic N) is 3. The van der Waals surface area contributed by atoms with Gasteiger partial charge in [0.1, 0.15) is 5.84 Å². The van der Waals surface area contributed by atoms with Crippen LogP contribution < -0.4 is 10.6 Å². The zero-order chi connectivity index (χ0) is 18.5. The minimum absolute atomic E-state index is 0.278. The number of rotatable bonds is 2. The Kier molecular flexibility index (Phi) is 3.66. The number of aliphatic imine (C=N–C) groups is 1. The number of Topliss-reactive ketones (excluding diaryl/α,β-unsaturated/α-hetero) is 1. The van der Waals surface area contributed by atoms with Gasteiger partial charge in [-0.1, -0.05) is 0 Å². The first-order valence-electron chi connectivity index (χ1n) is 8.53. The number of nitrogens with two attached hydrogens (primary N) is 1. The number of aromatic nitrogens is 1. The third-order valence-corrected chi connectivity index (χ3v) is 5.12. The number of hydrogen-bond acceptors (Lipinski definition) is 6. The predicted molar refractivity (Wildman–Crippen MR) is 102 cm³/mol. The van der Waals surface area contributed by atoms with Gasteiger partial charge in [-0.15, -0.1) is 0 Å². The first-order chi connectivity index (χ1) is 12.4. The summed E-state index contributed by atoms with van der Waals surface area (Å²) in [7, 11) is 0. The van der Waals surface area contributed by atoms with Crippen LogP contribution in [0.5, 0.6) is 0 Å². The van der Waals surface area contributed by atoms with Crippen molar-refractivity contribution in [2.45, 2.75) is 25.9 Å². The number of fused-ring (bicyclic) bond motifs is 2. The largest absolute Gasteiger partial charge is 0.405 e. The van der Waals surface area contributed by atoms with Gasteiger partial charge in [0, 0.05) is 30.4 Å². The highest BCUT2D eigenvalue weighted by molar-refractivity contribution is 6.28. The average molecular weight is 348 g/mol. The molecule has 1 aromatic carbocycles. The Balaban J connectivity index is 1.84. The predicted octanol–water partition coefficient (Wildman–Crippen LogP) is 2.50. The number of pyridine rings is 1. The highest BCUT2D eigenvalue weighted by Crippen LogP contribution is 2.40. The van der Waals surface area contributed by atoms with Crippen molar-refractivity contribution < 1.29 is 9.90 Å². The molecule has 6 heteroatoms. The molecule has 4 rings (SSSR count). The number of benzene rings is 1. The van der Waals surface area contributed by atoms with Gasteiger partial charge in [0.25, 0.3) is 0 Å². The summed E-state index contributed by atoms with van der Waals surface area (Å²) in [6, 6.07) is 7.42. The summed E-state index contributed by atoms with van der Waals surface area (Å²) < 4.78 is 0. The summed E-state index contributed by atoms with van der Waals surface area (Å²) in [6.07, 6.45) is 5.10. The van der Waals surface area contributed by atoms with E-state index in [1.165, 1.54) is 6.20 Å². The standard InChI is InChI=1S/C20H20N4O2/c1-12-9-16-17(10-13(12)2)23-19-20(26,18(16)25)5-8-24(19)15-4-7-22-14(11-15)3-6-21/h3-4,6-7,9-11,26H,5,8,21H2,1-2H3/t20-/m1/s1. The second-order valence-electron chi connectivity index (χ2n) is 6.78. The van der Waals surface area contributed by atoms with Crippen LogP contribution in [-0.2, 0) is 0 Å². The molecule has 3 heterocycles. The van der Waals surface area contributed by atoms with E-state index in [0.717, 1.165) is 16.8 Å². The molecule has 0 saturated carbocycles. The Morgan fingerprint density at radius 2 is 2.04 bits per heavy atom. The lowest BCUT2D eigenvalue weighted by atomic mass is 9.86. The summed E-state index contributed by atoms with van der Waals surface area (Å²) in [5.41, 5.74) is 8.57. The highest BCUT2D eigenvalue weighted by Gasteiger charge is 2.52. The van der Waals surface area contributed by atoms with E-state index in [1.807, 2.05) is 43.0 Å². The van der Waals surface area contributed by atoms with E-state index in [4.69, 9.17) is 5.73 Å². The van der Waals surface area contributed by atoms with Gasteiger partial charge in [-0.25, -0.2) is 4.99 Å². The van der Waals surface area contributed by atoms with Gasteiger partial charge in [0.2, 0.25) is 5.78 Å². The number of anilines is 1. The van der Waals surface area contributed by atoms with Crippen molar-refractivity contribution in [1.82, 2.24) is 4.98 Å². The Labute approximate surface area is 151 Å². The molecule has 3 N–H and O–H groups in total. The molecule has 0 aliphatic carbocycles. The lowest BCUT2D eigenvalue weighted by Gasteiger charge is -2.30. The van der Waals surface area contributed by atoms with Crippen molar-refractivity contribution >= 4 is 29.1 Å². The molecular formula is C20H20N4O2. The molecule has 132 valence electrons. The number of carbonyl (C=O) groups is 1. The van der Waals surface area contributed by atoms with Gasteiger partial charge in [0.15, 0.2) is 5.60 Å². The number of amidine groups is 1. The van der Waals surface area contributed by atoms with Gasteiger partial charge in [0.05, 0.1) is 11.4 Å². The molecule has 0 amide bonds. The topological polar surface area (TPSA) is 91.8 Å². The van der Waals surface area contributed by atoms with Crippen LogP contribution in [-0.4, -0.2) is 33.9 Å². The van der Waals surface area contributed by atoms with E-state index in [1.54, 1.807) is 12.3 Å². The Hall–Kier alpha value is -2.99. The van der Waals surface area contributed by atoms with Crippen LogP contribution in [0.15, 0.2) is 41.7 Å². The third kappa shape index (κ3) is 2.34. The first-order valence-corrected chi connectivity index (χ1v) is 8.53. The van der Waals surface area contributed by atoms with E-state index >= 15 is 0 Å². The van der Waals surface area contributed by atoms with Crippen molar-refractivity contribution in [3.05, 3.63) is 59.0 Å². The summed E-state index contributed by atoms with van der Waals surface area (Å²) in [5.74, 6) is 0.103. The molecule has 1 atom stereocenters. The molecule has 0 radical (unpaired) electrons. The van der Waals surface area contributed by atoms with Gasteiger partial charge in [-0.3, -0.25) is 9.78 Å². The molecule has 1 fully saturated rings.